The lowest BCUT2D eigenvalue weighted by molar-refractivity contribution is -0.134. The highest BCUT2D eigenvalue weighted by Crippen LogP contribution is 2.15. The summed E-state index contributed by atoms with van der Waals surface area (Å²) in [6.45, 7) is 0.639. The number of aliphatic imine (C=N–C) groups is 2. The number of amides is 2. The van der Waals surface area contributed by atoms with Gasteiger partial charge in [0, 0.05) is 31.1 Å². The number of para-hydroxylation sites is 1. The number of nitrogens with two attached hydrogens (primary N) is 5. The van der Waals surface area contributed by atoms with Crippen LogP contribution in [0.15, 0.2) is 76.8 Å². The molecule has 0 saturated heterocycles. The molecule has 11 N–H and O–H groups in total. The first-order chi connectivity index (χ1) is 20.6. The van der Waals surface area contributed by atoms with E-state index >= 15 is 0 Å². The summed E-state index contributed by atoms with van der Waals surface area (Å²) in [5, 5.41) is 3.71. The maximum Gasteiger partial charge on any atom is 0.238 e. The van der Waals surface area contributed by atoms with Crippen LogP contribution in [0.1, 0.15) is 24.0 Å². The number of aromatic nitrogens is 1. The van der Waals surface area contributed by atoms with Gasteiger partial charge in [0.2, 0.25) is 11.8 Å². The molecule has 0 aliphatic carbocycles. The molecular formula is C30H40N10O3. The third-order valence-corrected chi connectivity index (χ3v) is 6.71. The molecular weight excluding hydrogens is 548 g/mol. The number of hydrogen-bond donors (Lipinski definition) is 6. The molecule has 0 fully saturated rings. The number of fused-ring (bicyclic) bond motifs is 1. The molecule has 2 amide bonds. The molecule has 3 aromatic rings. The van der Waals surface area contributed by atoms with Crippen molar-refractivity contribution in [1.82, 2.24) is 15.2 Å². The van der Waals surface area contributed by atoms with Crippen LogP contribution in [0.2, 0.25) is 0 Å². The van der Waals surface area contributed by atoms with Gasteiger partial charge in [-0.25, -0.2) is 0 Å². The molecule has 2 atom stereocenters. The van der Waals surface area contributed by atoms with Gasteiger partial charge in [-0.3, -0.25) is 29.4 Å². The van der Waals surface area contributed by atoms with Crippen LogP contribution < -0.4 is 34.0 Å². The molecule has 228 valence electrons. The summed E-state index contributed by atoms with van der Waals surface area (Å²) in [5.74, 6) is -1.42. The molecule has 0 aliphatic rings. The van der Waals surface area contributed by atoms with Gasteiger partial charge in [0.15, 0.2) is 17.7 Å². The van der Waals surface area contributed by atoms with Crippen molar-refractivity contribution in [3.8, 4) is 0 Å². The average Bonchev–Trinajstić information content (AvgIpc) is 2.98. The van der Waals surface area contributed by atoms with E-state index in [2.05, 4.69) is 20.3 Å². The molecule has 0 radical (unpaired) electrons. The lowest BCUT2D eigenvalue weighted by atomic mass is 9.97. The average molecular weight is 589 g/mol. The van der Waals surface area contributed by atoms with Gasteiger partial charge in [0.05, 0.1) is 37.1 Å². The van der Waals surface area contributed by atoms with E-state index in [0.717, 1.165) is 22.0 Å². The van der Waals surface area contributed by atoms with E-state index in [1.54, 1.807) is 6.20 Å². The van der Waals surface area contributed by atoms with Crippen molar-refractivity contribution in [3.05, 3.63) is 78.0 Å². The second kappa shape index (κ2) is 16.4. The van der Waals surface area contributed by atoms with Crippen LogP contribution in [0, 0.1) is 0 Å². The van der Waals surface area contributed by atoms with Crippen molar-refractivity contribution in [2.24, 2.45) is 38.7 Å². The number of ketones is 1. The highest BCUT2D eigenvalue weighted by molar-refractivity contribution is 5.94. The van der Waals surface area contributed by atoms with Gasteiger partial charge < -0.3 is 38.9 Å². The summed E-state index contributed by atoms with van der Waals surface area (Å²) in [7, 11) is 0. The maximum atomic E-state index is 13.5. The molecule has 3 rings (SSSR count). The maximum absolute atomic E-state index is 13.5. The van der Waals surface area contributed by atoms with E-state index in [1.807, 2.05) is 60.7 Å². The number of carbonyl (C=O) groups is 3. The third kappa shape index (κ3) is 11.0. The van der Waals surface area contributed by atoms with Crippen LogP contribution in [0.4, 0.5) is 0 Å². The smallest absolute Gasteiger partial charge is 0.238 e. The Morgan fingerprint density at radius 2 is 1.49 bits per heavy atom. The van der Waals surface area contributed by atoms with E-state index in [4.69, 9.17) is 28.7 Å². The number of hydrogen-bond acceptors (Lipinski definition) is 7. The van der Waals surface area contributed by atoms with Gasteiger partial charge in [-0.2, -0.15) is 0 Å². The largest absolute Gasteiger partial charge is 0.370 e. The number of guanidine groups is 2. The Balaban J connectivity index is 1.69. The summed E-state index contributed by atoms with van der Waals surface area (Å²) < 4.78 is 0. The number of benzene rings is 2. The molecule has 0 bridgehead atoms. The monoisotopic (exact) mass is 588 g/mol. The van der Waals surface area contributed by atoms with Crippen LogP contribution in [0.5, 0.6) is 0 Å². The number of rotatable bonds is 16. The summed E-state index contributed by atoms with van der Waals surface area (Å²) in [4.78, 5) is 53.4. The van der Waals surface area contributed by atoms with Crippen LogP contribution in [0.3, 0.4) is 0 Å². The highest BCUT2D eigenvalue weighted by atomic mass is 16.2. The summed E-state index contributed by atoms with van der Waals surface area (Å²) in [6, 6.07) is 17.2. The molecule has 0 unspecified atom stereocenters. The second-order valence-electron chi connectivity index (χ2n) is 10.1. The highest BCUT2D eigenvalue weighted by Gasteiger charge is 2.26. The van der Waals surface area contributed by atoms with Gasteiger partial charge in [0.1, 0.15) is 0 Å². The Morgan fingerprint density at radius 3 is 2.14 bits per heavy atom. The zero-order valence-corrected chi connectivity index (χ0v) is 24.1. The number of nitrogens with one attached hydrogen (secondary N) is 1. The summed E-state index contributed by atoms with van der Waals surface area (Å²) >= 11 is 0. The minimum atomic E-state index is -1.20. The van der Waals surface area contributed by atoms with Crippen molar-refractivity contribution >= 4 is 40.4 Å². The van der Waals surface area contributed by atoms with Crippen molar-refractivity contribution < 1.29 is 14.4 Å². The molecule has 0 aliphatic heterocycles. The molecule has 13 nitrogen and oxygen atoms in total. The summed E-state index contributed by atoms with van der Waals surface area (Å²) in [5.41, 5.74) is 30.3. The van der Waals surface area contributed by atoms with Crippen LogP contribution in [-0.2, 0) is 27.2 Å². The first-order valence-electron chi connectivity index (χ1n) is 14.0. The Kier molecular flexibility index (Phi) is 12.4. The topological polar surface area (TPSA) is 234 Å². The van der Waals surface area contributed by atoms with Crippen molar-refractivity contribution in [2.45, 2.75) is 37.8 Å². The van der Waals surface area contributed by atoms with Crippen LogP contribution >= 0.6 is 0 Å². The number of pyridine rings is 1. The van der Waals surface area contributed by atoms with E-state index in [-0.39, 0.29) is 56.7 Å². The van der Waals surface area contributed by atoms with E-state index in [9.17, 15) is 14.4 Å². The quantitative estimate of drug-likeness (QED) is 0.0938. The number of carbonyl (C=O) groups excluding carboxylic acids is 3. The molecule has 1 aromatic heterocycles. The third-order valence-electron chi connectivity index (χ3n) is 6.71. The Morgan fingerprint density at radius 1 is 0.860 bits per heavy atom. The van der Waals surface area contributed by atoms with Crippen LogP contribution in [-0.4, -0.2) is 77.7 Å². The van der Waals surface area contributed by atoms with E-state index in [0.29, 0.717) is 12.8 Å². The van der Waals surface area contributed by atoms with Crippen LogP contribution in [0.25, 0.3) is 10.9 Å². The predicted octanol–water partition coefficient (Wildman–Crippen LogP) is -0.443. The fourth-order valence-electron chi connectivity index (χ4n) is 4.46. The van der Waals surface area contributed by atoms with E-state index in [1.165, 1.54) is 4.90 Å². The van der Waals surface area contributed by atoms with Gasteiger partial charge >= 0.3 is 0 Å². The van der Waals surface area contributed by atoms with E-state index < -0.39 is 23.9 Å². The predicted molar refractivity (Wildman–Crippen MR) is 168 cm³/mol. The number of Topliss-reactive ketones (excluding diaryl/α,β-unsaturated/α-hetero) is 1. The first-order valence-corrected chi connectivity index (χ1v) is 14.0. The Labute approximate surface area is 250 Å². The zero-order chi connectivity index (χ0) is 31.2. The first kappa shape index (κ1) is 32.5. The standard InChI is InChI=1S/C30H40N10O3/c31-23(18-27(42)40(14-12-36-29(32)33)15-13-37-30(34)35)28(43)39-25(11-10-20-6-2-1-3-7-20)26(41)17-21-16-22-8-4-5-9-24(22)38-19-21/h1-9,16,19,23,25H,10-15,17-18,31H2,(H,39,43)(H4,32,33,36)(H4,34,35,37)/t23-,25-/m0/s1. The lowest BCUT2D eigenvalue weighted by Gasteiger charge is -2.24. The number of aryl methyl sites for hydroxylation is 1. The fourth-order valence-corrected chi connectivity index (χ4v) is 4.46. The zero-order valence-electron chi connectivity index (χ0n) is 24.1. The minimum Gasteiger partial charge on any atom is -0.370 e. The number of nitrogens with zero attached hydrogens (tertiary/aromatic N) is 4. The SMILES string of the molecule is NC(N)=NCCN(CCN=C(N)N)C(=O)C[C@H](N)C(=O)N[C@@H](CCc1ccccc1)C(=O)Cc1cnc2ccccc2c1. The Bertz CT molecular complexity index is 1410. The lowest BCUT2D eigenvalue weighted by Crippen LogP contribution is -2.51. The molecule has 2 aromatic carbocycles. The molecule has 0 saturated carbocycles. The molecule has 1 heterocycles. The molecule has 13 heteroatoms. The molecule has 0 spiro atoms. The van der Waals surface area contributed by atoms with Crippen molar-refractivity contribution in [2.75, 3.05) is 26.2 Å². The normalized spacial score (nSPS) is 12.1. The van der Waals surface area contributed by atoms with Gasteiger partial charge in [-0.1, -0.05) is 48.5 Å². The van der Waals surface area contributed by atoms with Gasteiger partial charge in [0.25, 0.3) is 0 Å². The van der Waals surface area contributed by atoms with Gasteiger partial charge in [-0.15, -0.1) is 0 Å². The fraction of sp³-hybridized carbons (Fsp3) is 0.333. The minimum absolute atomic E-state index is 0.0785. The summed E-state index contributed by atoms with van der Waals surface area (Å²) in [6.07, 6.45) is 2.36. The second-order valence-corrected chi connectivity index (χ2v) is 10.1. The Hall–Kier alpha value is -5.04. The molecule has 43 heavy (non-hydrogen) atoms. The van der Waals surface area contributed by atoms with Crippen molar-refractivity contribution in [3.63, 3.8) is 0 Å². The van der Waals surface area contributed by atoms with Gasteiger partial charge in [-0.05, 0) is 36.1 Å². The van der Waals surface area contributed by atoms with Crippen molar-refractivity contribution in [1.29, 1.82) is 0 Å².